The smallest absolute Gasteiger partial charge is 0.239 e. The molecule has 0 aromatic rings. The van der Waals surface area contributed by atoms with Crippen LogP contribution in [0.25, 0.3) is 0 Å². The zero-order chi connectivity index (χ0) is 16.6. The van der Waals surface area contributed by atoms with Gasteiger partial charge in [0.1, 0.15) is 0 Å². The highest BCUT2D eigenvalue weighted by atomic mass is 16.2. The molecular weight excluding hydrogens is 282 g/mol. The first kappa shape index (κ1) is 20.4. The fourth-order valence-corrected chi connectivity index (χ4v) is 2.00. The summed E-state index contributed by atoms with van der Waals surface area (Å²) in [4.78, 5) is 34.5. The highest BCUT2D eigenvalue weighted by molar-refractivity contribution is 5.79. The topological polar surface area (TPSA) is 78.5 Å². The summed E-state index contributed by atoms with van der Waals surface area (Å²) in [6.07, 6.45) is 8.37. The number of hydrogen-bond acceptors (Lipinski definition) is 3. The Morgan fingerprint density at radius 3 is 2.14 bits per heavy atom. The van der Waals surface area contributed by atoms with Crippen molar-refractivity contribution in [3.8, 4) is 0 Å². The quantitative estimate of drug-likeness (QED) is 0.376. The van der Waals surface area contributed by atoms with Crippen LogP contribution < -0.4 is 10.6 Å². The molecule has 0 aliphatic rings. The molecule has 2 N–H and O–H groups in total. The Labute approximate surface area is 134 Å². The van der Waals surface area contributed by atoms with Crippen molar-refractivity contribution in [1.82, 2.24) is 15.5 Å². The first-order chi connectivity index (χ1) is 10.6. The van der Waals surface area contributed by atoms with E-state index in [1.165, 1.54) is 4.90 Å². The third-order valence-electron chi connectivity index (χ3n) is 3.33. The molecule has 0 aliphatic carbocycles. The zero-order valence-electron chi connectivity index (χ0n) is 14.0. The first-order valence-electron chi connectivity index (χ1n) is 8.29. The van der Waals surface area contributed by atoms with E-state index in [-0.39, 0.29) is 18.4 Å². The van der Waals surface area contributed by atoms with Gasteiger partial charge in [-0.3, -0.25) is 14.4 Å². The van der Waals surface area contributed by atoms with E-state index in [0.29, 0.717) is 19.4 Å². The molecule has 6 heteroatoms. The van der Waals surface area contributed by atoms with Crippen molar-refractivity contribution in [3.63, 3.8) is 0 Å². The van der Waals surface area contributed by atoms with Crippen molar-refractivity contribution in [2.75, 3.05) is 26.7 Å². The van der Waals surface area contributed by atoms with E-state index in [4.69, 9.17) is 0 Å². The van der Waals surface area contributed by atoms with Gasteiger partial charge in [0.25, 0.3) is 0 Å². The lowest BCUT2D eigenvalue weighted by molar-refractivity contribution is -0.127. The van der Waals surface area contributed by atoms with Crippen LogP contribution in [-0.4, -0.2) is 49.8 Å². The lowest BCUT2D eigenvalue weighted by Crippen LogP contribution is -2.34. The molecule has 0 aromatic carbocycles. The molecule has 0 radical (unpaired) electrons. The zero-order valence-corrected chi connectivity index (χ0v) is 14.0. The molecule has 0 atom stereocenters. The molecule has 0 saturated heterocycles. The Kier molecular flexibility index (Phi) is 13.3. The number of nitrogens with one attached hydrogen (secondary N) is 2. The SMILES string of the molecule is CCCCCNC(=O)CCCCCCNC(=O)CN(C)C=O. The van der Waals surface area contributed by atoms with Gasteiger partial charge >= 0.3 is 0 Å². The van der Waals surface area contributed by atoms with Crippen LogP contribution in [-0.2, 0) is 14.4 Å². The van der Waals surface area contributed by atoms with Crippen molar-refractivity contribution in [2.24, 2.45) is 0 Å². The second-order valence-electron chi connectivity index (χ2n) is 5.59. The molecule has 0 spiro atoms. The van der Waals surface area contributed by atoms with Crippen molar-refractivity contribution in [3.05, 3.63) is 0 Å². The average Bonchev–Trinajstić information content (AvgIpc) is 2.50. The normalized spacial score (nSPS) is 10.1. The van der Waals surface area contributed by atoms with E-state index >= 15 is 0 Å². The standard InChI is InChI=1S/C16H31N3O3/c1-3-4-8-11-17-15(21)10-7-5-6-9-12-18-16(22)13-19(2)14-20/h14H,3-13H2,1-2H3,(H,17,21)(H,18,22). The second-order valence-corrected chi connectivity index (χ2v) is 5.59. The van der Waals surface area contributed by atoms with Gasteiger partial charge in [0, 0.05) is 26.6 Å². The minimum atomic E-state index is -0.138. The van der Waals surface area contributed by atoms with Gasteiger partial charge in [-0.1, -0.05) is 32.6 Å². The number of amides is 3. The third-order valence-corrected chi connectivity index (χ3v) is 3.33. The molecule has 3 amide bonds. The molecule has 128 valence electrons. The molecule has 0 unspecified atom stereocenters. The van der Waals surface area contributed by atoms with Crippen LogP contribution in [0.5, 0.6) is 0 Å². The highest BCUT2D eigenvalue weighted by Gasteiger charge is 2.03. The Morgan fingerprint density at radius 2 is 1.50 bits per heavy atom. The van der Waals surface area contributed by atoms with E-state index in [2.05, 4.69) is 17.6 Å². The van der Waals surface area contributed by atoms with Gasteiger partial charge in [0.05, 0.1) is 6.54 Å². The predicted molar refractivity (Wildman–Crippen MR) is 87.3 cm³/mol. The molecule has 0 saturated carbocycles. The number of nitrogens with zero attached hydrogens (tertiary/aromatic N) is 1. The van der Waals surface area contributed by atoms with E-state index in [1.54, 1.807) is 7.05 Å². The van der Waals surface area contributed by atoms with Crippen LogP contribution in [0.2, 0.25) is 0 Å². The maximum absolute atomic E-state index is 11.5. The van der Waals surface area contributed by atoms with E-state index < -0.39 is 0 Å². The largest absolute Gasteiger partial charge is 0.356 e. The monoisotopic (exact) mass is 313 g/mol. The van der Waals surface area contributed by atoms with E-state index in [9.17, 15) is 14.4 Å². The number of rotatable bonds is 14. The molecule has 6 nitrogen and oxygen atoms in total. The highest BCUT2D eigenvalue weighted by Crippen LogP contribution is 2.02. The second kappa shape index (κ2) is 14.4. The Hall–Kier alpha value is -1.59. The maximum Gasteiger partial charge on any atom is 0.239 e. The Balaban J connectivity index is 3.34. The number of carbonyl (C=O) groups excluding carboxylic acids is 3. The number of unbranched alkanes of at least 4 members (excludes halogenated alkanes) is 5. The molecular formula is C16H31N3O3. The summed E-state index contributed by atoms with van der Waals surface area (Å²) in [7, 11) is 1.57. The summed E-state index contributed by atoms with van der Waals surface area (Å²) >= 11 is 0. The maximum atomic E-state index is 11.5. The van der Waals surface area contributed by atoms with E-state index in [1.807, 2.05) is 0 Å². The summed E-state index contributed by atoms with van der Waals surface area (Å²) in [5.74, 6) is 0.00219. The third kappa shape index (κ3) is 13.4. The van der Waals surface area contributed by atoms with Gasteiger partial charge in [0.15, 0.2) is 0 Å². The average molecular weight is 313 g/mol. The minimum absolute atomic E-state index is 0.0989. The molecule has 0 aromatic heterocycles. The molecule has 0 rings (SSSR count). The van der Waals surface area contributed by atoms with Crippen molar-refractivity contribution >= 4 is 18.2 Å². The van der Waals surface area contributed by atoms with Crippen LogP contribution >= 0.6 is 0 Å². The Morgan fingerprint density at radius 1 is 0.909 bits per heavy atom. The van der Waals surface area contributed by atoms with Gasteiger partial charge < -0.3 is 15.5 Å². The predicted octanol–water partition coefficient (Wildman–Crippen LogP) is 1.45. The van der Waals surface area contributed by atoms with Crippen molar-refractivity contribution in [2.45, 2.75) is 58.3 Å². The molecule has 0 bridgehead atoms. The van der Waals surface area contributed by atoms with Crippen molar-refractivity contribution < 1.29 is 14.4 Å². The fraction of sp³-hybridized carbons (Fsp3) is 0.812. The van der Waals surface area contributed by atoms with Crippen LogP contribution in [0, 0.1) is 0 Å². The van der Waals surface area contributed by atoms with Gasteiger partial charge in [0.2, 0.25) is 18.2 Å². The summed E-state index contributed by atoms with van der Waals surface area (Å²) < 4.78 is 0. The van der Waals surface area contributed by atoms with Gasteiger partial charge in [-0.05, 0) is 19.3 Å². The lowest BCUT2D eigenvalue weighted by atomic mass is 10.1. The van der Waals surface area contributed by atoms with E-state index in [0.717, 1.165) is 51.5 Å². The van der Waals surface area contributed by atoms with Gasteiger partial charge in [-0.15, -0.1) is 0 Å². The van der Waals surface area contributed by atoms with Crippen LogP contribution in [0.1, 0.15) is 58.3 Å². The fourth-order valence-electron chi connectivity index (χ4n) is 2.00. The van der Waals surface area contributed by atoms with Crippen LogP contribution in [0.15, 0.2) is 0 Å². The first-order valence-corrected chi connectivity index (χ1v) is 8.29. The van der Waals surface area contributed by atoms with Crippen LogP contribution in [0.4, 0.5) is 0 Å². The number of likely N-dealkylation sites (N-methyl/N-ethyl adjacent to an activating group) is 1. The van der Waals surface area contributed by atoms with Gasteiger partial charge in [-0.25, -0.2) is 0 Å². The van der Waals surface area contributed by atoms with Crippen molar-refractivity contribution in [1.29, 1.82) is 0 Å². The molecule has 0 heterocycles. The molecule has 22 heavy (non-hydrogen) atoms. The van der Waals surface area contributed by atoms with Crippen LogP contribution in [0.3, 0.4) is 0 Å². The number of carbonyl (C=O) groups is 3. The summed E-state index contributed by atoms with van der Waals surface area (Å²) in [6, 6.07) is 0. The summed E-state index contributed by atoms with van der Waals surface area (Å²) in [5, 5.41) is 5.70. The van der Waals surface area contributed by atoms with Gasteiger partial charge in [-0.2, -0.15) is 0 Å². The summed E-state index contributed by atoms with van der Waals surface area (Å²) in [5.41, 5.74) is 0. The lowest BCUT2D eigenvalue weighted by Gasteiger charge is -2.10. The molecule has 0 fully saturated rings. The Bertz CT molecular complexity index is 322. The number of hydrogen-bond donors (Lipinski definition) is 2. The molecule has 0 aliphatic heterocycles. The summed E-state index contributed by atoms with van der Waals surface area (Å²) in [6.45, 7) is 3.65. The minimum Gasteiger partial charge on any atom is -0.356 e.